The fraction of sp³-hybridized carbons (Fsp3) is 0.200. The maximum atomic E-state index is 14.0. The van der Waals surface area contributed by atoms with Crippen LogP contribution < -0.4 is 10.1 Å². The Kier molecular flexibility index (Phi) is 4.12. The third-order valence-electron chi connectivity index (χ3n) is 3.03. The number of benzene rings is 2. The van der Waals surface area contributed by atoms with E-state index in [1.807, 2.05) is 0 Å². The van der Waals surface area contributed by atoms with Crippen molar-refractivity contribution in [1.82, 2.24) is 5.32 Å². The van der Waals surface area contributed by atoms with E-state index in [0.29, 0.717) is 16.9 Å². The highest BCUT2D eigenvalue weighted by atomic mass is 19.1. The number of hydrogen-bond acceptors (Lipinski definition) is 2. The topological polar surface area (TPSA) is 21.3 Å². The molecule has 2 aromatic carbocycles. The van der Waals surface area contributed by atoms with Crippen molar-refractivity contribution in [3.63, 3.8) is 0 Å². The molecule has 0 saturated carbocycles. The van der Waals surface area contributed by atoms with Crippen LogP contribution in [0.1, 0.15) is 17.2 Å². The van der Waals surface area contributed by atoms with Gasteiger partial charge in [-0.2, -0.15) is 0 Å². The molecule has 1 unspecified atom stereocenters. The summed E-state index contributed by atoms with van der Waals surface area (Å²) in [6.45, 7) is 0. The molecular formula is C15H15F2NO. The minimum Gasteiger partial charge on any atom is -0.496 e. The van der Waals surface area contributed by atoms with E-state index in [9.17, 15) is 8.78 Å². The molecule has 0 aliphatic rings. The average molecular weight is 263 g/mol. The molecule has 19 heavy (non-hydrogen) atoms. The van der Waals surface area contributed by atoms with Crippen molar-refractivity contribution < 1.29 is 13.5 Å². The van der Waals surface area contributed by atoms with Gasteiger partial charge in [0.1, 0.15) is 17.4 Å². The molecular weight excluding hydrogens is 248 g/mol. The van der Waals surface area contributed by atoms with Gasteiger partial charge in [0.05, 0.1) is 18.7 Å². The molecule has 2 nitrogen and oxygen atoms in total. The van der Waals surface area contributed by atoms with Crippen molar-refractivity contribution in [1.29, 1.82) is 0 Å². The SMILES string of the molecule is CNC(c1ccccc1F)c1c(F)cccc1OC. The number of halogens is 2. The lowest BCUT2D eigenvalue weighted by molar-refractivity contribution is 0.397. The monoisotopic (exact) mass is 263 g/mol. The van der Waals surface area contributed by atoms with Crippen molar-refractivity contribution in [3.8, 4) is 5.75 Å². The highest BCUT2D eigenvalue weighted by Crippen LogP contribution is 2.32. The van der Waals surface area contributed by atoms with Gasteiger partial charge in [0, 0.05) is 5.56 Å². The van der Waals surface area contributed by atoms with Gasteiger partial charge >= 0.3 is 0 Å². The standard InChI is InChI=1S/C15H15F2NO/c1-18-15(10-6-3-4-7-11(10)16)14-12(17)8-5-9-13(14)19-2/h3-9,15,18H,1-2H3. The van der Waals surface area contributed by atoms with Crippen molar-refractivity contribution >= 4 is 0 Å². The first kappa shape index (κ1) is 13.5. The first-order chi connectivity index (χ1) is 9.19. The second kappa shape index (κ2) is 5.80. The molecule has 0 saturated heterocycles. The van der Waals surface area contributed by atoms with Crippen LogP contribution in [0.25, 0.3) is 0 Å². The molecule has 4 heteroatoms. The van der Waals surface area contributed by atoms with Crippen LogP contribution in [-0.2, 0) is 0 Å². The fourth-order valence-electron chi connectivity index (χ4n) is 2.14. The molecule has 1 atom stereocenters. The Morgan fingerprint density at radius 1 is 1.00 bits per heavy atom. The van der Waals surface area contributed by atoms with Gasteiger partial charge in [-0.05, 0) is 25.2 Å². The molecule has 0 aliphatic heterocycles. The lowest BCUT2D eigenvalue weighted by atomic mass is 9.97. The molecule has 0 fully saturated rings. The maximum Gasteiger partial charge on any atom is 0.132 e. The second-order valence-electron chi connectivity index (χ2n) is 4.10. The predicted molar refractivity (Wildman–Crippen MR) is 70.3 cm³/mol. The quantitative estimate of drug-likeness (QED) is 0.914. The van der Waals surface area contributed by atoms with Gasteiger partial charge in [0.15, 0.2) is 0 Å². The first-order valence-corrected chi connectivity index (χ1v) is 5.93. The molecule has 2 aromatic rings. The zero-order valence-corrected chi connectivity index (χ0v) is 10.8. The van der Waals surface area contributed by atoms with Gasteiger partial charge in [-0.15, -0.1) is 0 Å². The maximum absolute atomic E-state index is 14.0. The number of ether oxygens (including phenoxy) is 1. The van der Waals surface area contributed by atoms with Gasteiger partial charge in [0.25, 0.3) is 0 Å². The first-order valence-electron chi connectivity index (χ1n) is 5.93. The lowest BCUT2D eigenvalue weighted by Gasteiger charge is -2.20. The third kappa shape index (κ3) is 2.58. The van der Waals surface area contributed by atoms with Gasteiger partial charge < -0.3 is 10.1 Å². The lowest BCUT2D eigenvalue weighted by Crippen LogP contribution is -2.21. The van der Waals surface area contributed by atoms with E-state index in [1.165, 1.54) is 19.2 Å². The number of nitrogens with one attached hydrogen (secondary N) is 1. The van der Waals surface area contributed by atoms with Crippen LogP contribution >= 0.6 is 0 Å². The van der Waals surface area contributed by atoms with Crippen LogP contribution in [0.4, 0.5) is 8.78 Å². The molecule has 0 amide bonds. The van der Waals surface area contributed by atoms with Crippen LogP contribution in [-0.4, -0.2) is 14.2 Å². The van der Waals surface area contributed by atoms with E-state index in [0.717, 1.165) is 0 Å². The van der Waals surface area contributed by atoms with Gasteiger partial charge in [0.2, 0.25) is 0 Å². The van der Waals surface area contributed by atoms with Crippen molar-refractivity contribution in [2.24, 2.45) is 0 Å². The second-order valence-corrected chi connectivity index (χ2v) is 4.10. The Morgan fingerprint density at radius 3 is 2.32 bits per heavy atom. The Labute approximate surface area is 111 Å². The summed E-state index contributed by atoms with van der Waals surface area (Å²) in [5, 5.41) is 2.93. The Balaban J connectivity index is 2.58. The summed E-state index contributed by atoms with van der Waals surface area (Å²) in [6.07, 6.45) is 0. The van der Waals surface area contributed by atoms with Gasteiger partial charge in [-0.3, -0.25) is 0 Å². The normalized spacial score (nSPS) is 12.2. The summed E-state index contributed by atoms with van der Waals surface area (Å²) in [4.78, 5) is 0. The Hall–Kier alpha value is -1.94. The van der Waals surface area contributed by atoms with Crippen LogP contribution in [0.5, 0.6) is 5.75 Å². The van der Waals surface area contributed by atoms with E-state index < -0.39 is 11.9 Å². The molecule has 0 radical (unpaired) electrons. The minimum absolute atomic E-state index is 0.303. The predicted octanol–water partition coefficient (Wildman–Crippen LogP) is 3.28. The summed E-state index contributed by atoms with van der Waals surface area (Å²) in [5.74, 6) is -0.420. The zero-order valence-electron chi connectivity index (χ0n) is 10.8. The van der Waals surface area contributed by atoms with E-state index in [1.54, 1.807) is 37.4 Å². The smallest absolute Gasteiger partial charge is 0.132 e. The summed E-state index contributed by atoms with van der Waals surface area (Å²) in [6, 6.07) is 10.3. The molecule has 2 rings (SSSR count). The largest absolute Gasteiger partial charge is 0.496 e. The molecule has 0 bridgehead atoms. The summed E-state index contributed by atoms with van der Waals surface area (Å²) >= 11 is 0. The number of rotatable bonds is 4. The van der Waals surface area contributed by atoms with Crippen LogP contribution in [0.2, 0.25) is 0 Å². The summed E-state index contributed by atoms with van der Waals surface area (Å²) in [5.41, 5.74) is 0.686. The van der Waals surface area contributed by atoms with Gasteiger partial charge in [-0.1, -0.05) is 24.3 Å². The van der Waals surface area contributed by atoms with Crippen LogP contribution in [0.3, 0.4) is 0 Å². The average Bonchev–Trinajstić information content (AvgIpc) is 2.43. The van der Waals surface area contributed by atoms with E-state index in [-0.39, 0.29) is 5.82 Å². The molecule has 0 aromatic heterocycles. The number of hydrogen-bond donors (Lipinski definition) is 1. The van der Waals surface area contributed by atoms with Crippen LogP contribution in [0.15, 0.2) is 42.5 Å². The summed E-state index contributed by atoms with van der Waals surface area (Å²) < 4.78 is 33.1. The number of methoxy groups -OCH3 is 1. The Bertz CT molecular complexity index is 572. The molecule has 1 N–H and O–H groups in total. The zero-order chi connectivity index (χ0) is 13.8. The highest BCUT2D eigenvalue weighted by Gasteiger charge is 2.22. The minimum atomic E-state index is -0.600. The Morgan fingerprint density at radius 2 is 1.68 bits per heavy atom. The van der Waals surface area contributed by atoms with E-state index in [4.69, 9.17) is 4.74 Å². The summed E-state index contributed by atoms with van der Waals surface area (Å²) in [7, 11) is 3.12. The fourth-order valence-corrected chi connectivity index (χ4v) is 2.14. The molecule has 100 valence electrons. The molecule has 0 aliphatic carbocycles. The highest BCUT2D eigenvalue weighted by molar-refractivity contribution is 5.42. The van der Waals surface area contributed by atoms with E-state index in [2.05, 4.69) is 5.32 Å². The van der Waals surface area contributed by atoms with Crippen LogP contribution in [0, 0.1) is 11.6 Å². The van der Waals surface area contributed by atoms with Gasteiger partial charge in [-0.25, -0.2) is 8.78 Å². The molecule has 0 heterocycles. The van der Waals surface area contributed by atoms with Crippen molar-refractivity contribution in [3.05, 3.63) is 65.2 Å². The van der Waals surface area contributed by atoms with Crippen molar-refractivity contribution in [2.45, 2.75) is 6.04 Å². The third-order valence-corrected chi connectivity index (χ3v) is 3.03. The molecule has 0 spiro atoms. The van der Waals surface area contributed by atoms with E-state index >= 15 is 0 Å². The van der Waals surface area contributed by atoms with Crippen molar-refractivity contribution in [2.75, 3.05) is 14.2 Å².